The molecule has 3 N–H and O–H groups in total. The van der Waals surface area contributed by atoms with Gasteiger partial charge in [0.05, 0.1) is 5.02 Å². The molecule has 1 atom stereocenters. The van der Waals surface area contributed by atoms with Crippen LogP contribution in [0.5, 0.6) is 5.75 Å². The van der Waals surface area contributed by atoms with Gasteiger partial charge in [-0.05, 0) is 18.6 Å². The molecule has 13 heavy (non-hydrogen) atoms. The van der Waals surface area contributed by atoms with Crippen LogP contribution in [0.15, 0.2) is 12.1 Å². The van der Waals surface area contributed by atoms with Crippen molar-refractivity contribution < 1.29 is 9.50 Å². The Kier molecular flexibility index (Phi) is 3.12. The Bertz CT molecular complexity index is 317. The first-order valence-electron chi connectivity index (χ1n) is 3.99. The molecule has 0 aliphatic heterocycles. The highest BCUT2D eigenvalue weighted by atomic mass is 35.5. The lowest BCUT2D eigenvalue weighted by Gasteiger charge is -2.12. The van der Waals surface area contributed by atoms with E-state index in [4.69, 9.17) is 17.3 Å². The highest BCUT2D eigenvalue weighted by Gasteiger charge is 2.13. The molecule has 1 rings (SSSR count). The second kappa shape index (κ2) is 3.94. The molecule has 1 aromatic carbocycles. The van der Waals surface area contributed by atoms with Crippen LogP contribution in [-0.4, -0.2) is 5.11 Å². The fraction of sp³-hybridized carbons (Fsp3) is 0.333. The summed E-state index contributed by atoms with van der Waals surface area (Å²) in [6.45, 7) is 1.85. The SMILES string of the molecule is CCC(N)c1cc(F)cc(Cl)c1O. The van der Waals surface area contributed by atoms with E-state index < -0.39 is 5.82 Å². The first kappa shape index (κ1) is 10.3. The summed E-state index contributed by atoms with van der Waals surface area (Å²) in [4.78, 5) is 0. The normalized spacial score (nSPS) is 12.9. The number of aromatic hydroxyl groups is 1. The van der Waals surface area contributed by atoms with Gasteiger partial charge in [-0.3, -0.25) is 0 Å². The second-order valence-electron chi connectivity index (χ2n) is 2.84. The van der Waals surface area contributed by atoms with E-state index in [-0.39, 0.29) is 16.8 Å². The third-order valence-electron chi connectivity index (χ3n) is 1.90. The van der Waals surface area contributed by atoms with Crippen LogP contribution in [0.25, 0.3) is 0 Å². The van der Waals surface area contributed by atoms with Gasteiger partial charge < -0.3 is 10.8 Å². The Hall–Kier alpha value is -0.800. The highest BCUT2D eigenvalue weighted by molar-refractivity contribution is 6.32. The standard InChI is InChI=1S/C9H11ClFNO/c1-2-8(12)6-3-5(11)4-7(10)9(6)13/h3-4,8,13H,2,12H2,1H3. The summed E-state index contributed by atoms with van der Waals surface area (Å²) in [6.07, 6.45) is 0.618. The van der Waals surface area contributed by atoms with E-state index in [0.29, 0.717) is 12.0 Å². The molecule has 0 saturated heterocycles. The van der Waals surface area contributed by atoms with Gasteiger partial charge in [-0.1, -0.05) is 18.5 Å². The number of hydrogen-bond donors (Lipinski definition) is 2. The number of hydrogen-bond acceptors (Lipinski definition) is 2. The molecule has 0 amide bonds. The van der Waals surface area contributed by atoms with Crippen molar-refractivity contribution in [1.82, 2.24) is 0 Å². The van der Waals surface area contributed by atoms with Crippen LogP contribution < -0.4 is 5.73 Å². The number of rotatable bonds is 2. The summed E-state index contributed by atoms with van der Waals surface area (Å²) in [5.41, 5.74) is 6.00. The smallest absolute Gasteiger partial charge is 0.139 e. The maximum Gasteiger partial charge on any atom is 0.139 e. The minimum atomic E-state index is -0.485. The molecule has 0 heterocycles. The highest BCUT2D eigenvalue weighted by Crippen LogP contribution is 2.32. The average Bonchev–Trinajstić information content (AvgIpc) is 2.10. The van der Waals surface area contributed by atoms with E-state index in [1.165, 1.54) is 6.07 Å². The monoisotopic (exact) mass is 203 g/mol. The Labute approximate surface area is 81.1 Å². The first-order valence-corrected chi connectivity index (χ1v) is 4.37. The van der Waals surface area contributed by atoms with Crippen molar-refractivity contribution in [2.75, 3.05) is 0 Å². The Morgan fingerprint density at radius 3 is 2.77 bits per heavy atom. The van der Waals surface area contributed by atoms with E-state index in [9.17, 15) is 9.50 Å². The van der Waals surface area contributed by atoms with Crippen molar-refractivity contribution in [2.45, 2.75) is 19.4 Å². The van der Waals surface area contributed by atoms with E-state index >= 15 is 0 Å². The van der Waals surface area contributed by atoms with Crippen LogP contribution in [0.2, 0.25) is 5.02 Å². The van der Waals surface area contributed by atoms with Gasteiger partial charge in [0.1, 0.15) is 11.6 Å². The van der Waals surface area contributed by atoms with Crippen LogP contribution in [-0.2, 0) is 0 Å². The van der Waals surface area contributed by atoms with Gasteiger partial charge in [-0.15, -0.1) is 0 Å². The third kappa shape index (κ3) is 2.11. The molecule has 0 bridgehead atoms. The van der Waals surface area contributed by atoms with Crippen molar-refractivity contribution in [2.24, 2.45) is 5.73 Å². The van der Waals surface area contributed by atoms with Crippen molar-refractivity contribution in [3.63, 3.8) is 0 Å². The zero-order chi connectivity index (χ0) is 10.0. The zero-order valence-corrected chi connectivity index (χ0v) is 7.98. The molecule has 0 aromatic heterocycles. The summed E-state index contributed by atoms with van der Waals surface area (Å²) in [7, 11) is 0. The quantitative estimate of drug-likeness (QED) is 0.776. The molecule has 72 valence electrons. The molecule has 2 nitrogen and oxygen atoms in total. The summed E-state index contributed by atoms with van der Waals surface area (Å²) >= 11 is 5.57. The fourth-order valence-corrected chi connectivity index (χ4v) is 1.30. The largest absolute Gasteiger partial charge is 0.506 e. The predicted octanol–water partition coefficient (Wildman–Crippen LogP) is 2.59. The molecule has 0 saturated carbocycles. The van der Waals surface area contributed by atoms with Crippen molar-refractivity contribution in [3.8, 4) is 5.75 Å². The van der Waals surface area contributed by atoms with E-state index in [2.05, 4.69) is 0 Å². The fourth-order valence-electron chi connectivity index (χ4n) is 1.09. The number of benzene rings is 1. The number of halogens is 2. The van der Waals surface area contributed by atoms with Crippen LogP contribution in [0.1, 0.15) is 24.9 Å². The van der Waals surface area contributed by atoms with Crippen molar-refractivity contribution in [3.05, 3.63) is 28.5 Å². The minimum absolute atomic E-state index is 0.00102. The lowest BCUT2D eigenvalue weighted by Crippen LogP contribution is -2.09. The van der Waals surface area contributed by atoms with E-state index in [1.54, 1.807) is 0 Å². The minimum Gasteiger partial charge on any atom is -0.506 e. The summed E-state index contributed by atoms with van der Waals surface area (Å²) in [5.74, 6) is -0.612. The van der Waals surface area contributed by atoms with Gasteiger partial charge >= 0.3 is 0 Å². The van der Waals surface area contributed by atoms with Gasteiger partial charge in [0, 0.05) is 11.6 Å². The number of phenolic OH excluding ortho intramolecular Hbond substituents is 1. The lowest BCUT2D eigenvalue weighted by molar-refractivity contribution is 0.457. The topological polar surface area (TPSA) is 46.2 Å². The molecular weight excluding hydrogens is 193 g/mol. The summed E-state index contributed by atoms with van der Waals surface area (Å²) < 4.78 is 12.9. The van der Waals surface area contributed by atoms with E-state index in [1.807, 2.05) is 6.92 Å². The van der Waals surface area contributed by atoms with Gasteiger partial charge in [-0.2, -0.15) is 0 Å². The molecule has 1 aromatic rings. The molecule has 0 fully saturated rings. The molecular formula is C9H11ClFNO. The molecule has 0 aliphatic rings. The number of phenols is 1. The van der Waals surface area contributed by atoms with Crippen molar-refractivity contribution >= 4 is 11.6 Å². The predicted molar refractivity (Wildman–Crippen MR) is 50.3 cm³/mol. The van der Waals surface area contributed by atoms with Crippen LogP contribution in [0, 0.1) is 5.82 Å². The summed E-state index contributed by atoms with van der Waals surface area (Å²) in [6, 6.07) is 1.88. The van der Waals surface area contributed by atoms with Crippen molar-refractivity contribution in [1.29, 1.82) is 0 Å². The molecule has 0 radical (unpaired) electrons. The maximum absolute atomic E-state index is 12.9. The molecule has 4 heteroatoms. The Morgan fingerprint density at radius 2 is 2.23 bits per heavy atom. The van der Waals surface area contributed by atoms with Gasteiger partial charge in [0.15, 0.2) is 0 Å². The van der Waals surface area contributed by atoms with Crippen LogP contribution >= 0.6 is 11.6 Å². The summed E-state index contributed by atoms with van der Waals surface area (Å²) in [5, 5.41) is 9.44. The number of nitrogens with two attached hydrogens (primary N) is 1. The van der Waals surface area contributed by atoms with Gasteiger partial charge in [0.2, 0.25) is 0 Å². The molecule has 1 unspecified atom stereocenters. The first-order chi connectivity index (χ1) is 6.06. The van der Waals surface area contributed by atoms with Gasteiger partial charge in [-0.25, -0.2) is 4.39 Å². The van der Waals surface area contributed by atoms with Gasteiger partial charge in [0.25, 0.3) is 0 Å². The Balaban J connectivity index is 3.20. The zero-order valence-electron chi connectivity index (χ0n) is 7.22. The molecule has 0 aliphatic carbocycles. The van der Waals surface area contributed by atoms with Crippen LogP contribution in [0.4, 0.5) is 4.39 Å². The molecule has 0 spiro atoms. The average molecular weight is 204 g/mol. The Morgan fingerprint density at radius 1 is 1.62 bits per heavy atom. The third-order valence-corrected chi connectivity index (χ3v) is 2.19. The maximum atomic E-state index is 12.9. The van der Waals surface area contributed by atoms with Crippen LogP contribution in [0.3, 0.4) is 0 Å². The van der Waals surface area contributed by atoms with E-state index in [0.717, 1.165) is 6.07 Å². The lowest BCUT2D eigenvalue weighted by atomic mass is 10.0. The second-order valence-corrected chi connectivity index (χ2v) is 3.25.